The summed E-state index contributed by atoms with van der Waals surface area (Å²) in [6.07, 6.45) is 0.547. The van der Waals surface area contributed by atoms with Crippen LogP contribution in [0.15, 0.2) is 41.2 Å². The minimum atomic E-state index is -0.690. The van der Waals surface area contributed by atoms with Gasteiger partial charge in [0.05, 0.1) is 17.5 Å². The quantitative estimate of drug-likeness (QED) is 0.845. The van der Waals surface area contributed by atoms with Crippen molar-refractivity contribution in [2.24, 2.45) is 5.41 Å². The molecule has 2 fully saturated rings. The Labute approximate surface area is 161 Å². The van der Waals surface area contributed by atoms with E-state index in [-0.39, 0.29) is 24.3 Å². The molecular formula is C19H20N4O3S. The van der Waals surface area contributed by atoms with Crippen LogP contribution >= 0.6 is 11.3 Å². The highest BCUT2D eigenvalue weighted by atomic mass is 32.1. The fourth-order valence-electron chi connectivity index (χ4n) is 3.76. The number of thiazole rings is 1. The van der Waals surface area contributed by atoms with Crippen molar-refractivity contribution in [1.82, 2.24) is 20.1 Å². The van der Waals surface area contributed by atoms with E-state index in [1.54, 1.807) is 20.7 Å². The van der Waals surface area contributed by atoms with Gasteiger partial charge in [0.2, 0.25) is 11.8 Å². The summed E-state index contributed by atoms with van der Waals surface area (Å²) in [6.45, 7) is 1.73. The van der Waals surface area contributed by atoms with E-state index in [0.29, 0.717) is 38.3 Å². The lowest BCUT2D eigenvalue weighted by Crippen LogP contribution is -2.67. The second-order valence-corrected chi connectivity index (χ2v) is 7.77. The van der Waals surface area contributed by atoms with E-state index >= 15 is 0 Å². The summed E-state index contributed by atoms with van der Waals surface area (Å²) in [5, 5.41) is 4.46. The number of nitrogens with one attached hydrogen (secondary N) is 1. The number of carbonyl (C=O) groups excluding carboxylic acids is 3. The van der Waals surface area contributed by atoms with Crippen LogP contribution in [-0.4, -0.2) is 65.2 Å². The highest BCUT2D eigenvalue weighted by Crippen LogP contribution is 2.37. The van der Waals surface area contributed by atoms with E-state index in [0.717, 1.165) is 5.56 Å². The van der Waals surface area contributed by atoms with Crippen LogP contribution in [0.5, 0.6) is 0 Å². The maximum Gasteiger partial charge on any atom is 0.273 e. The van der Waals surface area contributed by atoms with Gasteiger partial charge in [0.15, 0.2) is 0 Å². The zero-order chi connectivity index (χ0) is 18.9. The lowest BCUT2D eigenvalue weighted by atomic mass is 9.73. The lowest BCUT2D eigenvalue weighted by molar-refractivity contribution is -0.154. The molecule has 0 aliphatic carbocycles. The third-order valence-corrected chi connectivity index (χ3v) is 5.68. The van der Waals surface area contributed by atoms with Crippen molar-refractivity contribution in [3.63, 3.8) is 0 Å². The molecule has 8 heteroatoms. The smallest absolute Gasteiger partial charge is 0.273 e. The predicted octanol–water partition coefficient (Wildman–Crippen LogP) is 0.786. The van der Waals surface area contributed by atoms with Gasteiger partial charge in [-0.1, -0.05) is 30.3 Å². The molecule has 3 amide bonds. The highest BCUT2D eigenvalue weighted by molar-refractivity contribution is 7.07. The van der Waals surface area contributed by atoms with Gasteiger partial charge in [-0.3, -0.25) is 14.4 Å². The van der Waals surface area contributed by atoms with Gasteiger partial charge >= 0.3 is 0 Å². The molecule has 0 bridgehead atoms. The van der Waals surface area contributed by atoms with Crippen molar-refractivity contribution in [2.75, 3.05) is 32.7 Å². The van der Waals surface area contributed by atoms with Gasteiger partial charge in [0.1, 0.15) is 5.69 Å². The molecule has 3 heterocycles. The number of piperazine rings is 1. The Morgan fingerprint density at radius 1 is 1.19 bits per heavy atom. The molecule has 0 saturated carbocycles. The molecule has 2 saturated heterocycles. The first kappa shape index (κ1) is 17.7. The summed E-state index contributed by atoms with van der Waals surface area (Å²) in [5.41, 5.74) is 2.40. The number of benzene rings is 1. The Kier molecular flexibility index (Phi) is 4.65. The second kappa shape index (κ2) is 7.11. The Balaban J connectivity index is 1.54. The third kappa shape index (κ3) is 3.44. The molecule has 2 aliphatic rings. The molecular weight excluding hydrogens is 364 g/mol. The van der Waals surface area contributed by atoms with E-state index in [9.17, 15) is 14.4 Å². The summed E-state index contributed by atoms with van der Waals surface area (Å²) < 4.78 is 0. The van der Waals surface area contributed by atoms with Crippen LogP contribution in [0.3, 0.4) is 0 Å². The highest BCUT2D eigenvalue weighted by Gasteiger charge is 2.53. The number of amides is 3. The monoisotopic (exact) mass is 384 g/mol. The molecule has 0 unspecified atom stereocenters. The topological polar surface area (TPSA) is 82.6 Å². The van der Waals surface area contributed by atoms with E-state index in [4.69, 9.17) is 0 Å². The fraction of sp³-hybridized carbons (Fsp3) is 0.368. The van der Waals surface area contributed by atoms with Crippen LogP contribution in [0, 0.1) is 5.41 Å². The molecule has 0 radical (unpaired) electrons. The maximum atomic E-state index is 13.3. The van der Waals surface area contributed by atoms with E-state index in [1.165, 1.54) is 11.3 Å². The maximum absolute atomic E-state index is 13.3. The number of hydrogen-bond acceptors (Lipinski definition) is 5. The van der Waals surface area contributed by atoms with E-state index in [1.807, 2.05) is 30.3 Å². The zero-order valence-electron chi connectivity index (χ0n) is 14.8. The summed E-state index contributed by atoms with van der Waals surface area (Å²) in [7, 11) is 0. The van der Waals surface area contributed by atoms with Crippen LogP contribution in [0.25, 0.3) is 0 Å². The average molecular weight is 384 g/mol. The van der Waals surface area contributed by atoms with E-state index < -0.39 is 5.41 Å². The zero-order valence-corrected chi connectivity index (χ0v) is 15.6. The molecule has 140 valence electrons. The largest absolute Gasteiger partial charge is 0.353 e. The minimum absolute atomic E-state index is 0.0523. The van der Waals surface area contributed by atoms with Crippen LogP contribution in [0.4, 0.5) is 0 Å². The predicted molar refractivity (Wildman–Crippen MR) is 100 cm³/mol. The van der Waals surface area contributed by atoms with Crippen LogP contribution in [0.2, 0.25) is 0 Å². The van der Waals surface area contributed by atoms with Crippen molar-refractivity contribution in [2.45, 2.75) is 6.42 Å². The Bertz CT molecular complexity index is 847. The van der Waals surface area contributed by atoms with Crippen molar-refractivity contribution < 1.29 is 14.4 Å². The molecule has 2 aromatic rings. The average Bonchev–Trinajstić information content (AvgIpc) is 3.19. The molecule has 0 atom stereocenters. The second-order valence-electron chi connectivity index (χ2n) is 7.05. The van der Waals surface area contributed by atoms with Crippen molar-refractivity contribution in [3.8, 4) is 0 Å². The van der Waals surface area contributed by atoms with Crippen LogP contribution in [-0.2, 0) is 16.0 Å². The molecule has 1 aromatic heterocycles. The number of aromatic nitrogens is 1. The SMILES string of the molecule is O=C1CN(C(=O)C2(Cc3ccccc3)CN(C(=O)c3cscn3)C2)CCN1. The number of hydrogen-bond donors (Lipinski definition) is 1. The van der Waals surface area contributed by atoms with Gasteiger partial charge in [-0.05, 0) is 12.0 Å². The Morgan fingerprint density at radius 3 is 2.63 bits per heavy atom. The van der Waals surface area contributed by atoms with Gasteiger partial charge in [-0.25, -0.2) is 4.98 Å². The van der Waals surface area contributed by atoms with Gasteiger partial charge in [-0.15, -0.1) is 11.3 Å². The Hall–Kier alpha value is -2.74. The summed E-state index contributed by atoms with van der Waals surface area (Å²) >= 11 is 1.37. The fourth-order valence-corrected chi connectivity index (χ4v) is 4.29. The minimum Gasteiger partial charge on any atom is -0.353 e. The van der Waals surface area contributed by atoms with Crippen molar-refractivity contribution >= 4 is 29.1 Å². The first-order valence-electron chi connectivity index (χ1n) is 8.85. The number of carbonyl (C=O) groups is 3. The lowest BCUT2D eigenvalue weighted by Gasteiger charge is -2.50. The van der Waals surface area contributed by atoms with Crippen molar-refractivity contribution in [1.29, 1.82) is 0 Å². The number of rotatable bonds is 4. The third-order valence-electron chi connectivity index (χ3n) is 5.09. The van der Waals surface area contributed by atoms with E-state index in [2.05, 4.69) is 10.3 Å². The Morgan fingerprint density at radius 2 is 1.96 bits per heavy atom. The molecule has 1 N–H and O–H groups in total. The number of nitrogens with zero attached hydrogens (tertiary/aromatic N) is 3. The molecule has 0 spiro atoms. The summed E-state index contributed by atoms with van der Waals surface area (Å²) in [5.74, 6) is -0.341. The standard InChI is InChI=1S/C19H20N4O3S/c24-16-9-22(7-6-20-16)18(26)19(8-14-4-2-1-3-5-14)11-23(12-19)17(25)15-10-27-13-21-15/h1-5,10,13H,6-9,11-12H2,(H,20,24). The molecule has 27 heavy (non-hydrogen) atoms. The van der Waals surface area contributed by atoms with Crippen molar-refractivity contribution in [3.05, 3.63) is 52.5 Å². The summed E-state index contributed by atoms with van der Waals surface area (Å²) in [6, 6.07) is 9.80. The molecule has 4 rings (SSSR count). The first-order chi connectivity index (χ1) is 13.1. The summed E-state index contributed by atoms with van der Waals surface area (Å²) in [4.78, 5) is 44.9. The molecule has 7 nitrogen and oxygen atoms in total. The molecule has 1 aromatic carbocycles. The normalized spacial score (nSPS) is 18.6. The van der Waals surface area contributed by atoms with Crippen LogP contribution in [0.1, 0.15) is 16.1 Å². The van der Waals surface area contributed by atoms with Gasteiger partial charge < -0.3 is 15.1 Å². The first-order valence-corrected chi connectivity index (χ1v) is 9.79. The van der Waals surface area contributed by atoms with Gasteiger partial charge in [0, 0.05) is 31.6 Å². The number of likely N-dealkylation sites (tertiary alicyclic amines) is 1. The van der Waals surface area contributed by atoms with Gasteiger partial charge in [0.25, 0.3) is 5.91 Å². The van der Waals surface area contributed by atoms with Gasteiger partial charge in [-0.2, -0.15) is 0 Å². The van der Waals surface area contributed by atoms with Crippen LogP contribution < -0.4 is 5.32 Å². The molecule has 2 aliphatic heterocycles.